The second kappa shape index (κ2) is 3.48. The Bertz CT molecular complexity index is 298. The summed E-state index contributed by atoms with van der Waals surface area (Å²) >= 11 is 0. The minimum atomic E-state index is -0.451. The van der Waals surface area contributed by atoms with Gasteiger partial charge in [0.2, 0.25) is 0 Å². The molecule has 1 saturated carbocycles. The summed E-state index contributed by atoms with van der Waals surface area (Å²) in [6.45, 7) is 1.45. The summed E-state index contributed by atoms with van der Waals surface area (Å²) in [7, 11) is 0. The summed E-state index contributed by atoms with van der Waals surface area (Å²) in [5.41, 5.74) is -0.114. The second-order valence-electron chi connectivity index (χ2n) is 4.37. The van der Waals surface area contributed by atoms with Crippen molar-refractivity contribution in [2.45, 2.75) is 37.8 Å². The maximum absolute atomic E-state index is 11.7. The van der Waals surface area contributed by atoms with Crippen molar-refractivity contribution in [3.8, 4) is 0 Å². The first-order valence-corrected chi connectivity index (χ1v) is 5.15. The summed E-state index contributed by atoms with van der Waals surface area (Å²) < 4.78 is 4.66. The summed E-state index contributed by atoms with van der Waals surface area (Å²) in [5.74, 6) is -0.646. The molecule has 0 unspecified atom stereocenters. The molecule has 1 N–H and O–H groups in total. The Balaban J connectivity index is 1.93. The molecule has 2 rings (SSSR count). The zero-order valence-electron chi connectivity index (χ0n) is 8.73. The fraction of sp³-hybridized carbons (Fsp3) is 0.800. The molecule has 1 aliphatic heterocycles. The highest BCUT2D eigenvalue weighted by atomic mass is 16.5. The molecule has 0 aromatic carbocycles. The average Bonchev–Trinajstić information content (AvgIpc) is 2.82. The number of nitrogens with zero attached hydrogens (tertiary/aromatic N) is 1. The summed E-state index contributed by atoms with van der Waals surface area (Å²) in [4.78, 5) is 23.9. The molecule has 0 radical (unpaired) electrons. The number of amides is 1. The van der Waals surface area contributed by atoms with Crippen LogP contribution in [0.1, 0.15) is 26.2 Å². The van der Waals surface area contributed by atoms with Crippen LogP contribution in [0, 0.1) is 0 Å². The summed E-state index contributed by atoms with van der Waals surface area (Å²) in [5, 5.41) is 9.50. The minimum absolute atomic E-state index is 0.114. The number of carbonyl (C=O) groups is 2. The van der Waals surface area contributed by atoms with Gasteiger partial charge in [-0.2, -0.15) is 0 Å². The van der Waals surface area contributed by atoms with E-state index in [1.54, 1.807) is 4.90 Å². The second-order valence-corrected chi connectivity index (χ2v) is 4.37. The smallest absolute Gasteiger partial charge is 0.303 e. The van der Waals surface area contributed by atoms with Gasteiger partial charge in [0.15, 0.2) is 6.61 Å². The van der Waals surface area contributed by atoms with Crippen molar-refractivity contribution < 1.29 is 19.4 Å². The average molecular weight is 213 g/mol. The number of aliphatic hydroxyl groups excluding tert-OH is 1. The van der Waals surface area contributed by atoms with Gasteiger partial charge in [0.05, 0.1) is 6.10 Å². The number of esters is 1. The highest BCUT2D eigenvalue weighted by molar-refractivity contribution is 5.81. The van der Waals surface area contributed by atoms with Crippen LogP contribution in [0.5, 0.6) is 0 Å². The van der Waals surface area contributed by atoms with Gasteiger partial charge in [0.1, 0.15) is 0 Å². The third-order valence-electron chi connectivity index (χ3n) is 3.11. The van der Waals surface area contributed by atoms with Crippen LogP contribution in [-0.2, 0) is 14.3 Å². The first kappa shape index (κ1) is 10.4. The molecule has 0 aromatic heterocycles. The van der Waals surface area contributed by atoms with Crippen molar-refractivity contribution >= 4 is 11.9 Å². The van der Waals surface area contributed by atoms with E-state index >= 15 is 0 Å². The Morgan fingerprint density at radius 3 is 2.73 bits per heavy atom. The van der Waals surface area contributed by atoms with E-state index in [1.807, 2.05) is 0 Å². The molecular formula is C10H15NO4. The van der Waals surface area contributed by atoms with Crippen molar-refractivity contribution in [2.24, 2.45) is 0 Å². The van der Waals surface area contributed by atoms with E-state index in [1.165, 1.54) is 6.92 Å². The molecule has 5 nitrogen and oxygen atoms in total. The maximum atomic E-state index is 11.7. The van der Waals surface area contributed by atoms with E-state index in [0.717, 1.165) is 12.8 Å². The van der Waals surface area contributed by atoms with Crippen molar-refractivity contribution in [1.82, 2.24) is 4.90 Å². The number of rotatable bonds is 2. The molecule has 5 heteroatoms. The van der Waals surface area contributed by atoms with E-state index in [0.29, 0.717) is 13.0 Å². The van der Waals surface area contributed by atoms with Gasteiger partial charge >= 0.3 is 5.97 Å². The molecule has 2 aliphatic rings. The van der Waals surface area contributed by atoms with Crippen molar-refractivity contribution in [3.05, 3.63) is 0 Å². The molecule has 84 valence electrons. The third-order valence-corrected chi connectivity index (χ3v) is 3.11. The maximum Gasteiger partial charge on any atom is 0.303 e. The lowest BCUT2D eigenvalue weighted by molar-refractivity contribution is -0.151. The normalized spacial score (nSPS) is 26.8. The Morgan fingerprint density at radius 1 is 1.53 bits per heavy atom. The highest BCUT2D eigenvalue weighted by Gasteiger charge is 2.55. The first-order chi connectivity index (χ1) is 7.03. The molecule has 0 bridgehead atoms. The first-order valence-electron chi connectivity index (χ1n) is 5.15. The van der Waals surface area contributed by atoms with Gasteiger partial charge in [-0.15, -0.1) is 0 Å². The summed E-state index contributed by atoms with van der Waals surface area (Å²) in [6.07, 6.45) is 2.15. The van der Waals surface area contributed by atoms with Crippen LogP contribution in [0.4, 0.5) is 0 Å². The van der Waals surface area contributed by atoms with Gasteiger partial charge in [-0.25, -0.2) is 0 Å². The van der Waals surface area contributed by atoms with E-state index in [2.05, 4.69) is 4.74 Å². The van der Waals surface area contributed by atoms with E-state index in [4.69, 9.17) is 0 Å². The lowest BCUT2D eigenvalue weighted by atomic mass is 10.2. The Labute approximate surface area is 88.0 Å². The standard InChI is InChI=1S/C10H15NO4/c1-7(12)15-6-9(14)11-5-8(13)4-10(11)2-3-10/h8,13H,2-6H2,1H3/t8-/m1/s1. The molecule has 15 heavy (non-hydrogen) atoms. The molecule has 1 saturated heterocycles. The topological polar surface area (TPSA) is 66.8 Å². The quantitative estimate of drug-likeness (QED) is 0.638. The number of hydrogen-bond acceptors (Lipinski definition) is 4. The number of carbonyl (C=O) groups excluding carboxylic acids is 2. The molecule has 1 atom stereocenters. The van der Waals surface area contributed by atoms with E-state index in [9.17, 15) is 14.7 Å². The number of ether oxygens (including phenoxy) is 1. The van der Waals surface area contributed by atoms with Crippen LogP contribution in [0.15, 0.2) is 0 Å². The van der Waals surface area contributed by atoms with Crippen LogP contribution < -0.4 is 0 Å². The molecule has 1 spiro atoms. The van der Waals surface area contributed by atoms with Gasteiger partial charge in [-0.3, -0.25) is 9.59 Å². The number of aliphatic hydroxyl groups is 1. The minimum Gasteiger partial charge on any atom is -0.456 e. The lowest BCUT2D eigenvalue weighted by Gasteiger charge is -2.23. The largest absolute Gasteiger partial charge is 0.456 e. The lowest BCUT2D eigenvalue weighted by Crippen LogP contribution is -2.40. The number of likely N-dealkylation sites (tertiary alicyclic amines) is 1. The monoisotopic (exact) mass is 213 g/mol. The molecule has 1 aliphatic carbocycles. The van der Waals surface area contributed by atoms with E-state index in [-0.39, 0.29) is 18.1 Å². The highest BCUT2D eigenvalue weighted by Crippen LogP contribution is 2.49. The van der Waals surface area contributed by atoms with Gasteiger partial charge in [0, 0.05) is 19.0 Å². The number of hydrogen-bond donors (Lipinski definition) is 1. The molecule has 2 fully saturated rings. The molecule has 1 heterocycles. The zero-order chi connectivity index (χ0) is 11.1. The van der Waals surface area contributed by atoms with Gasteiger partial charge in [-0.05, 0) is 19.3 Å². The SMILES string of the molecule is CC(=O)OCC(=O)N1C[C@H](O)CC12CC2. The predicted octanol–water partition coefficient (Wildman–Crippen LogP) is -0.325. The van der Waals surface area contributed by atoms with Crippen LogP contribution >= 0.6 is 0 Å². The van der Waals surface area contributed by atoms with Crippen molar-refractivity contribution in [1.29, 1.82) is 0 Å². The zero-order valence-corrected chi connectivity index (χ0v) is 8.73. The Morgan fingerprint density at radius 2 is 2.20 bits per heavy atom. The van der Waals surface area contributed by atoms with Crippen molar-refractivity contribution in [3.63, 3.8) is 0 Å². The van der Waals surface area contributed by atoms with Crippen LogP contribution in [0.25, 0.3) is 0 Å². The predicted molar refractivity (Wildman–Crippen MR) is 50.9 cm³/mol. The van der Waals surface area contributed by atoms with E-state index < -0.39 is 12.1 Å². The summed E-state index contributed by atoms with van der Waals surface area (Å²) in [6, 6.07) is 0. The number of β-amino-alcohol motifs (C(OH)–C–C–N with tert-alkyl or cyclic N) is 1. The Hall–Kier alpha value is -1.10. The molecule has 0 aromatic rings. The van der Waals surface area contributed by atoms with Crippen LogP contribution in [0.3, 0.4) is 0 Å². The van der Waals surface area contributed by atoms with Gasteiger partial charge in [-0.1, -0.05) is 0 Å². The van der Waals surface area contributed by atoms with Gasteiger partial charge < -0.3 is 14.7 Å². The molecule has 1 amide bonds. The fourth-order valence-electron chi connectivity index (χ4n) is 2.24. The third kappa shape index (κ3) is 1.97. The molecular weight excluding hydrogens is 198 g/mol. The van der Waals surface area contributed by atoms with Gasteiger partial charge in [0.25, 0.3) is 5.91 Å². The fourth-order valence-corrected chi connectivity index (χ4v) is 2.24. The van der Waals surface area contributed by atoms with Crippen LogP contribution in [0.2, 0.25) is 0 Å². The van der Waals surface area contributed by atoms with Crippen LogP contribution in [-0.4, -0.2) is 46.7 Å². The van der Waals surface area contributed by atoms with Crippen molar-refractivity contribution in [2.75, 3.05) is 13.2 Å². The Kier molecular flexibility index (Phi) is 2.42.